The van der Waals surface area contributed by atoms with Crippen molar-refractivity contribution >= 4 is 12.3 Å². The van der Waals surface area contributed by atoms with E-state index < -0.39 is 0 Å². The van der Waals surface area contributed by atoms with Crippen LogP contribution in [0, 0.1) is 0 Å². The van der Waals surface area contributed by atoms with Crippen LogP contribution in [0.25, 0.3) is 6.08 Å². The average Bonchev–Trinajstić information content (AvgIpc) is 2.06. The minimum Gasteiger partial charge on any atom is -0.487 e. The Morgan fingerprint density at radius 3 is 3.17 bits per heavy atom. The maximum absolute atomic E-state index is 5.43. The molecule has 0 aromatic heterocycles. The highest BCUT2D eigenvalue weighted by Crippen LogP contribution is 2.19. The number of rotatable bonds is 0. The van der Waals surface area contributed by atoms with Crippen LogP contribution in [0.3, 0.4) is 0 Å². The highest BCUT2D eigenvalue weighted by atomic mass is 16.5. The van der Waals surface area contributed by atoms with Crippen molar-refractivity contribution in [3.63, 3.8) is 0 Å². The number of hydrogen-bond acceptors (Lipinski definition) is 2. The lowest BCUT2D eigenvalue weighted by atomic mass is 10.2. The van der Waals surface area contributed by atoms with E-state index in [-0.39, 0.29) is 0 Å². The summed E-state index contributed by atoms with van der Waals surface area (Å²) >= 11 is 0. The predicted octanol–water partition coefficient (Wildman–Crippen LogP) is 2.12. The highest BCUT2D eigenvalue weighted by Gasteiger charge is 1.98. The monoisotopic (exact) mass is 159 g/mol. The molecule has 0 bridgehead atoms. The van der Waals surface area contributed by atoms with Crippen molar-refractivity contribution in [2.24, 2.45) is 4.99 Å². The van der Waals surface area contributed by atoms with Crippen LogP contribution < -0.4 is 4.74 Å². The molecule has 0 aliphatic carbocycles. The van der Waals surface area contributed by atoms with Crippen LogP contribution in [0.2, 0.25) is 0 Å². The van der Waals surface area contributed by atoms with Gasteiger partial charge in [0.2, 0.25) is 0 Å². The zero-order valence-corrected chi connectivity index (χ0v) is 6.60. The summed E-state index contributed by atoms with van der Waals surface area (Å²) in [6.45, 7) is 0.543. The van der Waals surface area contributed by atoms with Crippen LogP contribution >= 0.6 is 0 Å². The van der Waals surface area contributed by atoms with E-state index in [2.05, 4.69) is 4.99 Å². The first kappa shape index (κ1) is 7.10. The van der Waals surface area contributed by atoms with Gasteiger partial charge in [-0.1, -0.05) is 18.2 Å². The fraction of sp³-hybridized carbons (Fsp3) is 0.100. The fourth-order valence-electron chi connectivity index (χ4n) is 1.10. The Morgan fingerprint density at radius 2 is 2.17 bits per heavy atom. The van der Waals surface area contributed by atoms with Crippen molar-refractivity contribution in [2.45, 2.75) is 0 Å². The van der Waals surface area contributed by atoms with Crippen LogP contribution in [-0.4, -0.2) is 12.8 Å². The summed E-state index contributed by atoms with van der Waals surface area (Å²) in [6, 6.07) is 7.91. The first-order chi connectivity index (χ1) is 5.97. The first-order valence-corrected chi connectivity index (χ1v) is 3.87. The van der Waals surface area contributed by atoms with Crippen molar-refractivity contribution in [3.8, 4) is 5.75 Å². The second-order valence-corrected chi connectivity index (χ2v) is 2.50. The SMILES string of the molecule is C1=Cc2ccccc2OCC=N1. The third-order valence-corrected chi connectivity index (χ3v) is 1.68. The molecule has 0 spiro atoms. The van der Waals surface area contributed by atoms with E-state index in [1.165, 1.54) is 0 Å². The second-order valence-electron chi connectivity index (χ2n) is 2.50. The summed E-state index contributed by atoms with van der Waals surface area (Å²) in [5.41, 5.74) is 1.08. The number of benzene rings is 1. The van der Waals surface area contributed by atoms with Gasteiger partial charge in [0.05, 0.1) is 0 Å². The van der Waals surface area contributed by atoms with Gasteiger partial charge >= 0.3 is 0 Å². The van der Waals surface area contributed by atoms with Gasteiger partial charge < -0.3 is 4.74 Å². The predicted molar refractivity (Wildman–Crippen MR) is 49.5 cm³/mol. The maximum Gasteiger partial charge on any atom is 0.127 e. The van der Waals surface area contributed by atoms with E-state index in [1.54, 1.807) is 12.4 Å². The van der Waals surface area contributed by atoms with E-state index in [4.69, 9.17) is 4.74 Å². The van der Waals surface area contributed by atoms with Crippen LogP contribution in [-0.2, 0) is 0 Å². The van der Waals surface area contributed by atoms with Crippen molar-refractivity contribution in [2.75, 3.05) is 6.61 Å². The van der Waals surface area contributed by atoms with Gasteiger partial charge in [-0.25, -0.2) is 0 Å². The van der Waals surface area contributed by atoms with Crippen molar-refractivity contribution in [1.29, 1.82) is 0 Å². The molecular weight excluding hydrogens is 150 g/mol. The first-order valence-electron chi connectivity index (χ1n) is 3.87. The molecule has 60 valence electrons. The molecule has 0 saturated heterocycles. The standard InChI is InChI=1S/C10H9NO/c1-2-4-10-9(3-1)5-6-11-7-8-12-10/h1-7H,8H2. The lowest BCUT2D eigenvalue weighted by Gasteiger charge is -2.07. The summed E-state index contributed by atoms with van der Waals surface area (Å²) in [5.74, 6) is 0.917. The van der Waals surface area contributed by atoms with Gasteiger partial charge in [0.25, 0.3) is 0 Å². The Morgan fingerprint density at radius 1 is 1.25 bits per heavy atom. The molecule has 12 heavy (non-hydrogen) atoms. The molecule has 0 atom stereocenters. The molecule has 1 aliphatic heterocycles. The van der Waals surface area contributed by atoms with E-state index in [9.17, 15) is 0 Å². The molecule has 0 radical (unpaired) electrons. The smallest absolute Gasteiger partial charge is 0.127 e. The molecule has 0 amide bonds. The summed E-state index contributed by atoms with van der Waals surface area (Å²) in [4.78, 5) is 4.00. The molecule has 1 aromatic rings. The van der Waals surface area contributed by atoms with Crippen LogP contribution in [0.5, 0.6) is 5.75 Å². The Kier molecular flexibility index (Phi) is 1.90. The van der Waals surface area contributed by atoms with Gasteiger partial charge in [-0.3, -0.25) is 4.99 Å². The number of ether oxygens (including phenoxy) is 1. The minimum atomic E-state index is 0.543. The molecule has 0 unspecified atom stereocenters. The number of hydrogen-bond donors (Lipinski definition) is 0. The summed E-state index contributed by atoms with van der Waals surface area (Å²) in [6.07, 6.45) is 5.46. The molecule has 2 heteroatoms. The molecule has 0 saturated carbocycles. The Hall–Kier alpha value is -1.57. The topological polar surface area (TPSA) is 21.6 Å². The molecule has 2 rings (SSSR count). The van der Waals surface area contributed by atoms with Crippen LogP contribution in [0.15, 0.2) is 35.5 Å². The lowest BCUT2D eigenvalue weighted by molar-refractivity contribution is 0.379. The van der Waals surface area contributed by atoms with Gasteiger partial charge in [0, 0.05) is 18.0 Å². The molecule has 1 aromatic carbocycles. The molecular formula is C10H9NO. The Bertz CT molecular complexity index is 328. The third kappa shape index (κ3) is 1.37. The lowest BCUT2D eigenvalue weighted by Crippen LogP contribution is -2.00. The van der Waals surface area contributed by atoms with Gasteiger partial charge in [-0.15, -0.1) is 0 Å². The van der Waals surface area contributed by atoms with Gasteiger partial charge in [-0.2, -0.15) is 0 Å². The molecule has 1 aliphatic rings. The maximum atomic E-state index is 5.43. The number of nitrogens with zero attached hydrogens (tertiary/aromatic N) is 1. The van der Waals surface area contributed by atoms with E-state index >= 15 is 0 Å². The summed E-state index contributed by atoms with van der Waals surface area (Å²) < 4.78 is 5.43. The Labute approximate surface area is 71.2 Å². The van der Waals surface area contributed by atoms with Gasteiger partial charge in [0.1, 0.15) is 12.4 Å². The quantitative estimate of drug-likeness (QED) is 0.568. The van der Waals surface area contributed by atoms with E-state index in [1.807, 2.05) is 30.3 Å². The largest absolute Gasteiger partial charge is 0.487 e. The number of para-hydroxylation sites is 1. The van der Waals surface area contributed by atoms with Crippen molar-refractivity contribution in [3.05, 3.63) is 36.0 Å². The number of aliphatic imine (C=N–C) groups is 1. The normalized spacial score (nSPS) is 14.3. The fourth-order valence-corrected chi connectivity index (χ4v) is 1.10. The zero-order valence-electron chi connectivity index (χ0n) is 6.60. The molecule has 0 N–H and O–H groups in total. The molecule has 1 heterocycles. The van der Waals surface area contributed by atoms with Crippen molar-refractivity contribution < 1.29 is 4.74 Å². The zero-order chi connectivity index (χ0) is 8.23. The van der Waals surface area contributed by atoms with Crippen molar-refractivity contribution in [1.82, 2.24) is 0 Å². The minimum absolute atomic E-state index is 0.543. The molecule has 0 fully saturated rings. The summed E-state index contributed by atoms with van der Waals surface area (Å²) in [5, 5.41) is 0. The highest BCUT2D eigenvalue weighted by molar-refractivity contribution is 5.65. The van der Waals surface area contributed by atoms with Crippen LogP contribution in [0.4, 0.5) is 0 Å². The van der Waals surface area contributed by atoms with E-state index in [0.29, 0.717) is 6.61 Å². The van der Waals surface area contributed by atoms with Crippen LogP contribution in [0.1, 0.15) is 5.56 Å². The Balaban J connectivity index is 2.43. The van der Waals surface area contributed by atoms with Gasteiger partial charge in [-0.05, 0) is 12.1 Å². The van der Waals surface area contributed by atoms with Gasteiger partial charge in [0.15, 0.2) is 0 Å². The summed E-state index contributed by atoms with van der Waals surface area (Å²) in [7, 11) is 0. The molecule has 2 nitrogen and oxygen atoms in total. The third-order valence-electron chi connectivity index (χ3n) is 1.68. The second kappa shape index (κ2) is 3.22. The van der Waals surface area contributed by atoms with E-state index in [0.717, 1.165) is 11.3 Å². The number of fused-ring (bicyclic) bond motifs is 1. The average molecular weight is 159 g/mol.